The second-order valence-corrected chi connectivity index (χ2v) is 9.62. The zero-order valence-electron chi connectivity index (χ0n) is 22.8. The van der Waals surface area contributed by atoms with E-state index in [1.165, 1.54) is 17.5 Å². The van der Waals surface area contributed by atoms with Crippen LogP contribution in [0.1, 0.15) is 30.1 Å². The molecule has 4 aromatic rings. The zero-order valence-corrected chi connectivity index (χ0v) is 22.8. The van der Waals surface area contributed by atoms with Crippen molar-refractivity contribution in [1.82, 2.24) is 24.7 Å². The van der Waals surface area contributed by atoms with Crippen LogP contribution in [-0.2, 0) is 14.3 Å². The van der Waals surface area contributed by atoms with Crippen LogP contribution in [0.15, 0.2) is 91.3 Å². The van der Waals surface area contributed by atoms with Gasteiger partial charge in [-0.15, -0.1) is 15.3 Å². The minimum Gasteiger partial charge on any atom is -0.478 e. The molecule has 0 saturated carbocycles. The normalized spacial score (nSPS) is 14.9. The molecular formula is C30H33N5O7. The maximum Gasteiger partial charge on any atom is 0.328 e. The number of hydrogen-bond donors (Lipinski definition) is 3. The van der Waals surface area contributed by atoms with Gasteiger partial charge in [-0.05, 0) is 30.0 Å². The van der Waals surface area contributed by atoms with Crippen molar-refractivity contribution >= 4 is 17.6 Å². The van der Waals surface area contributed by atoms with Crippen LogP contribution in [0.25, 0.3) is 5.65 Å². The van der Waals surface area contributed by atoms with Gasteiger partial charge in [-0.1, -0.05) is 60.7 Å². The Morgan fingerprint density at radius 3 is 2.07 bits per heavy atom. The van der Waals surface area contributed by atoms with Gasteiger partial charge in [0.1, 0.15) is 25.1 Å². The van der Waals surface area contributed by atoms with Crippen molar-refractivity contribution < 1.29 is 34.4 Å². The third-order valence-corrected chi connectivity index (χ3v) is 6.47. The lowest BCUT2D eigenvalue weighted by atomic mass is 10.00. The van der Waals surface area contributed by atoms with Gasteiger partial charge in [0, 0.05) is 37.9 Å². The zero-order chi connectivity index (χ0) is 29.7. The molecule has 2 aromatic carbocycles. The van der Waals surface area contributed by atoms with Crippen LogP contribution in [0.4, 0.5) is 0 Å². The van der Waals surface area contributed by atoms with Gasteiger partial charge in [0.05, 0.1) is 6.10 Å². The molecule has 0 bridgehead atoms. The second-order valence-electron chi connectivity index (χ2n) is 9.62. The van der Waals surface area contributed by atoms with Crippen molar-refractivity contribution in [2.75, 3.05) is 26.2 Å². The highest BCUT2D eigenvalue weighted by Gasteiger charge is 2.25. The number of nitrogens with zero attached hydrogens (tertiary/aromatic N) is 5. The van der Waals surface area contributed by atoms with Crippen LogP contribution in [0.5, 0.6) is 5.88 Å². The molecule has 42 heavy (non-hydrogen) atoms. The number of fused-ring (bicyclic) bond motifs is 1. The molecule has 0 amide bonds. The Morgan fingerprint density at radius 1 is 0.905 bits per heavy atom. The van der Waals surface area contributed by atoms with Gasteiger partial charge in [0.25, 0.3) is 0 Å². The van der Waals surface area contributed by atoms with Gasteiger partial charge >= 0.3 is 11.9 Å². The van der Waals surface area contributed by atoms with Crippen molar-refractivity contribution in [3.05, 3.63) is 102 Å². The summed E-state index contributed by atoms with van der Waals surface area (Å²) in [5.41, 5.74) is 2.99. The number of carboxylic acids is 2. The number of carbonyl (C=O) groups is 2. The van der Waals surface area contributed by atoms with Gasteiger partial charge in [-0.3, -0.25) is 0 Å². The molecule has 0 aliphatic carbocycles. The van der Waals surface area contributed by atoms with E-state index in [0.717, 1.165) is 25.9 Å². The first kappa shape index (κ1) is 30.3. The molecule has 0 spiro atoms. The van der Waals surface area contributed by atoms with Gasteiger partial charge in [-0.25, -0.2) is 9.59 Å². The summed E-state index contributed by atoms with van der Waals surface area (Å²) in [6, 6.07) is 24.3. The Bertz CT molecular complexity index is 1380. The highest BCUT2D eigenvalue weighted by atomic mass is 16.5. The summed E-state index contributed by atoms with van der Waals surface area (Å²) >= 11 is 0. The Balaban J connectivity index is 0.000000446. The predicted molar refractivity (Wildman–Crippen MR) is 152 cm³/mol. The van der Waals surface area contributed by atoms with Gasteiger partial charge in [0.15, 0.2) is 5.65 Å². The minimum atomic E-state index is -1.26. The first-order valence-corrected chi connectivity index (χ1v) is 13.5. The highest BCUT2D eigenvalue weighted by Crippen LogP contribution is 2.30. The lowest BCUT2D eigenvalue weighted by Gasteiger charge is -2.35. The number of piperidine rings is 1. The Kier molecular flexibility index (Phi) is 11.1. The van der Waals surface area contributed by atoms with Crippen LogP contribution in [0.3, 0.4) is 0 Å². The van der Waals surface area contributed by atoms with Gasteiger partial charge in [-0.2, -0.15) is 4.52 Å². The number of likely N-dealkylation sites (tertiary alicyclic amines) is 1. The van der Waals surface area contributed by atoms with Crippen molar-refractivity contribution in [2.24, 2.45) is 0 Å². The fraction of sp³-hybridized carbons (Fsp3) is 0.300. The van der Waals surface area contributed by atoms with Crippen LogP contribution in [0.2, 0.25) is 0 Å². The largest absolute Gasteiger partial charge is 0.478 e. The summed E-state index contributed by atoms with van der Waals surface area (Å²) < 4.78 is 13.8. The summed E-state index contributed by atoms with van der Waals surface area (Å²) in [6.07, 6.45) is 3.99. The van der Waals surface area contributed by atoms with E-state index in [1.54, 1.807) is 16.6 Å². The maximum absolute atomic E-state index is 10.5. The third kappa shape index (κ3) is 9.47. The molecule has 12 heteroatoms. The fourth-order valence-corrected chi connectivity index (χ4v) is 4.49. The van der Waals surface area contributed by atoms with E-state index in [-0.39, 0.29) is 18.8 Å². The summed E-state index contributed by atoms with van der Waals surface area (Å²) in [5.74, 6) is -2.08. The molecule has 12 nitrogen and oxygen atoms in total. The number of β-amino-alcohol motifs (C(OH)–C–C–N with tert-alkyl or cyclic N) is 1. The molecule has 220 valence electrons. The number of aliphatic hydroxyl groups is 1. The lowest BCUT2D eigenvalue weighted by molar-refractivity contribution is -0.134. The van der Waals surface area contributed by atoms with Crippen LogP contribution < -0.4 is 4.74 Å². The smallest absolute Gasteiger partial charge is 0.328 e. The minimum absolute atomic E-state index is 0.0755. The van der Waals surface area contributed by atoms with E-state index < -0.39 is 18.0 Å². The summed E-state index contributed by atoms with van der Waals surface area (Å²) in [6.45, 7) is 2.50. The van der Waals surface area contributed by atoms with Crippen molar-refractivity contribution in [3.63, 3.8) is 0 Å². The molecule has 1 saturated heterocycles. The topological polar surface area (TPSA) is 160 Å². The number of aliphatic hydroxyl groups excluding tert-OH is 1. The average molecular weight is 576 g/mol. The van der Waals surface area contributed by atoms with Crippen molar-refractivity contribution in [3.8, 4) is 5.88 Å². The molecular weight excluding hydrogens is 542 g/mol. The summed E-state index contributed by atoms with van der Waals surface area (Å²) in [5, 5.41) is 38.1. The Labute approximate surface area is 242 Å². The molecule has 1 aliphatic rings. The molecule has 1 fully saturated rings. The van der Waals surface area contributed by atoms with E-state index in [2.05, 4.69) is 68.7 Å². The summed E-state index contributed by atoms with van der Waals surface area (Å²) in [4.78, 5) is 21.4. The number of hydrogen-bond acceptors (Lipinski definition) is 9. The standard InChI is InChI=1S/C26H29N5O3.C4H4O4/c32-22(18-33-25-12-11-24-28-27-19-31(24)29-25)17-30-15-13-23(14-16-30)34-26(20-7-3-1-4-8-20)21-9-5-2-6-10-21;5-3(6)1-2-4(7)8/h1-12,19,22-23,26,32H,13-18H2;1-2H,(H,5,6)(H,7,8)/b;2-1+. The number of carboxylic acid groups (broad SMARTS) is 2. The average Bonchev–Trinajstić information content (AvgIpc) is 3.48. The molecule has 3 N–H and O–H groups in total. The third-order valence-electron chi connectivity index (χ3n) is 6.47. The molecule has 1 aliphatic heterocycles. The van der Waals surface area contributed by atoms with E-state index in [0.29, 0.717) is 30.2 Å². The number of rotatable bonds is 11. The Hall–Kier alpha value is -4.65. The monoisotopic (exact) mass is 575 g/mol. The van der Waals surface area contributed by atoms with Gasteiger partial charge < -0.3 is 29.7 Å². The molecule has 3 heterocycles. The van der Waals surface area contributed by atoms with E-state index in [9.17, 15) is 14.7 Å². The first-order valence-electron chi connectivity index (χ1n) is 13.5. The van der Waals surface area contributed by atoms with E-state index in [1.807, 2.05) is 12.1 Å². The van der Waals surface area contributed by atoms with Crippen molar-refractivity contribution in [2.45, 2.75) is 31.2 Å². The van der Waals surface area contributed by atoms with Crippen LogP contribution in [0, 0.1) is 0 Å². The van der Waals surface area contributed by atoms with Crippen LogP contribution >= 0.6 is 0 Å². The number of benzene rings is 2. The van der Waals surface area contributed by atoms with E-state index >= 15 is 0 Å². The SMILES string of the molecule is O=C(O)/C=C/C(=O)O.OC(COc1ccc2nncn2n1)CN1CCC(OC(c2ccccc2)c2ccccc2)CC1. The lowest BCUT2D eigenvalue weighted by Crippen LogP contribution is -2.42. The van der Waals surface area contributed by atoms with Crippen LogP contribution in [-0.4, -0.2) is 90.4 Å². The molecule has 1 unspecified atom stereocenters. The van der Waals surface area contributed by atoms with Crippen molar-refractivity contribution in [1.29, 1.82) is 0 Å². The summed E-state index contributed by atoms with van der Waals surface area (Å²) in [7, 11) is 0. The van der Waals surface area contributed by atoms with Gasteiger partial charge in [0.2, 0.25) is 5.88 Å². The number of ether oxygens (including phenoxy) is 2. The highest BCUT2D eigenvalue weighted by molar-refractivity contribution is 5.89. The molecule has 1 atom stereocenters. The quantitative estimate of drug-likeness (QED) is 0.226. The molecule has 0 radical (unpaired) electrons. The number of aliphatic carboxylic acids is 2. The second kappa shape index (κ2) is 15.4. The van der Waals surface area contributed by atoms with E-state index in [4.69, 9.17) is 19.7 Å². The Morgan fingerprint density at radius 2 is 1.50 bits per heavy atom. The molecule has 2 aromatic heterocycles. The fourth-order valence-electron chi connectivity index (χ4n) is 4.49. The maximum atomic E-state index is 10.5. The first-order chi connectivity index (χ1) is 20.4. The predicted octanol–water partition coefficient (Wildman–Crippen LogP) is 2.85. The molecule has 5 rings (SSSR count). The number of aromatic nitrogens is 4.